The number of Topliss-reactive ketones (excluding diaryl/α,β-unsaturated/α-hetero) is 1. The number of methoxy groups -OCH3 is 1. The van der Waals surface area contributed by atoms with Crippen molar-refractivity contribution in [2.45, 2.75) is 50.0 Å². The number of benzene rings is 3. The van der Waals surface area contributed by atoms with E-state index in [-0.39, 0.29) is 29.4 Å². The van der Waals surface area contributed by atoms with Crippen molar-refractivity contribution in [2.75, 3.05) is 24.4 Å². The van der Waals surface area contributed by atoms with Gasteiger partial charge in [-0.3, -0.25) is 14.4 Å². The number of hydrogen-bond acceptors (Lipinski definition) is 11. The average Bonchev–Trinajstić information content (AvgIpc) is 3.92. The van der Waals surface area contributed by atoms with Gasteiger partial charge in [-0.1, -0.05) is 35.9 Å². The molecule has 1 atom stereocenters. The molecule has 0 bridgehead atoms. The molecule has 0 unspecified atom stereocenters. The van der Waals surface area contributed by atoms with E-state index < -0.39 is 78.5 Å². The van der Waals surface area contributed by atoms with Gasteiger partial charge in [0, 0.05) is 34.8 Å². The van der Waals surface area contributed by atoms with Gasteiger partial charge in [0.2, 0.25) is 17.7 Å². The fourth-order valence-corrected chi connectivity index (χ4v) is 5.21. The Bertz CT molecular complexity index is 2020. The Kier molecular flexibility index (Phi) is 12.3. The maximum absolute atomic E-state index is 13.9. The molecule has 284 valence electrons. The predicted octanol–water partition coefficient (Wildman–Crippen LogP) is 5.53. The number of ketones is 1. The molecule has 54 heavy (non-hydrogen) atoms. The minimum absolute atomic E-state index is 0.0569. The summed E-state index contributed by atoms with van der Waals surface area (Å²) in [7, 11) is 1.06. The van der Waals surface area contributed by atoms with Gasteiger partial charge < -0.3 is 30.7 Å². The molecule has 1 aromatic heterocycles. The third kappa shape index (κ3) is 10.6. The number of nitrogens with one attached hydrogen (secondary N) is 4. The monoisotopic (exact) mass is 775 g/mol. The second kappa shape index (κ2) is 16.8. The summed E-state index contributed by atoms with van der Waals surface area (Å²) in [5, 5.41) is 11.2. The molecule has 0 saturated heterocycles. The van der Waals surface area contributed by atoms with E-state index in [0.29, 0.717) is 23.6 Å². The van der Waals surface area contributed by atoms with Crippen molar-refractivity contribution in [3.05, 3.63) is 100 Å². The second-order valence-corrected chi connectivity index (χ2v) is 12.4. The van der Waals surface area contributed by atoms with Gasteiger partial charge in [0.05, 0.1) is 12.6 Å². The molecule has 4 aromatic rings. The van der Waals surface area contributed by atoms with Crippen LogP contribution in [0.3, 0.4) is 0 Å². The summed E-state index contributed by atoms with van der Waals surface area (Å²) in [6, 6.07) is 14.1. The largest absolute Gasteiger partial charge is 0.467 e. The van der Waals surface area contributed by atoms with Crippen molar-refractivity contribution in [2.24, 2.45) is 0 Å². The van der Waals surface area contributed by atoms with Gasteiger partial charge in [0.1, 0.15) is 6.04 Å². The average molecular weight is 776 g/mol. The minimum Gasteiger partial charge on any atom is -0.467 e. The highest BCUT2D eigenvalue weighted by atomic mass is 35.5. The zero-order valence-electron chi connectivity index (χ0n) is 28.2. The van der Waals surface area contributed by atoms with Crippen LogP contribution in [0.25, 0.3) is 0 Å². The van der Waals surface area contributed by atoms with E-state index in [1.807, 2.05) is 12.1 Å². The number of anilines is 3. The van der Waals surface area contributed by atoms with Crippen LogP contribution in [0.4, 0.5) is 39.5 Å². The Labute approximate surface area is 309 Å². The minimum atomic E-state index is -4.66. The first-order valence-corrected chi connectivity index (χ1v) is 16.5. The van der Waals surface area contributed by atoms with Gasteiger partial charge >= 0.3 is 18.2 Å². The third-order valence-corrected chi connectivity index (χ3v) is 8.31. The van der Waals surface area contributed by atoms with Gasteiger partial charge in [-0.15, -0.1) is 0 Å². The van der Waals surface area contributed by atoms with Gasteiger partial charge in [-0.2, -0.15) is 28.1 Å². The summed E-state index contributed by atoms with van der Waals surface area (Å²) in [6.45, 7) is -2.10. The Hall–Kier alpha value is -5.91. The van der Waals surface area contributed by atoms with Crippen LogP contribution < -0.4 is 26.0 Å². The molecule has 1 aliphatic carbocycles. The zero-order valence-corrected chi connectivity index (χ0v) is 29.0. The maximum atomic E-state index is 13.9. The van der Waals surface area contributed by atoms with Crippen LogP contribution in [-0.2, 0) is 31.2 Å². The van der Waals surface area contributed by atoms with E-state index in [1.54, 1.807) is 12.1 Å². The number of carbonyl (C=O) groups is 4. The Morgan fingerprint density at radius 3 is 2.26 bits per heavy atom. The highest BCUT2D eigenvalue weighted by Gasteiger charge is 2.45. The van der Waals surface area contributed by atoms with E-state index >= 15 is 0 Å². The van der Waals surface area contributed by atoms with Crippen molar-refractivity contribution in [1.82, 2.24) is 25.6 Å². The summed E-state index contributed by atoms with van der Waals surface area (Å²) >= 11 is 6.01. The lowest BCUT2D eigenvalue weighted by molar-refractivity contribution is -0.154. The fourth-order valence-electron chi connectivity index (χ4n) is 5.09. The van der Waals surface area contributed by atoms with Gasteiger partial charge in [0.15, 0.2) is 18.2 Å². The topological polar surface area (TPSA) is 174 Å². The summed E-state index contributed by atoms with van der Waals surface area (Å²) in [6.07, 6.45) is -4.11. The lowest BCUT2D eigenvalue weighted by atomic mass is 10.1. The number of amides is 2. The molecule has 3 aromatic carbocycles. The fraction of sp³-hybridized carbons (Fsp3) is 0.286. The molecule has 1 heterocycles. The first kappa shape index (κ1) is 39.3. The molecule has 19 heteroatoms. The molecule has 4 N–H and O–H groups in total. The van der Waals surface area contributed by atoms with E-state index in [1.165, 1.54) is 36.4 Å². The van der Waals surface area contributed by atoms with Crippen LogP contribution in [0.5, 0.6) is 6.01 Å². The van der Waals surface area contributed by atoms with Crippen LogP contribution in [0, 0.1) is 11.6 Å². The normalized spacial score (nSPS) is 13.6. The van der Waals surface area contributed by atoms with E-state index in [0.717, 1.165) is 18.7 Å². The Morgan fingerprint density at radius 1 is 0.926 bits per heavy atom. The number of alkyl halides is 3. The highest BCUT2D eigenvalue weighted by molar-refractivity contribution is 6.36. The smallest absolute Gasteiger partial charge is 0.422 e. The molecular weight excluding hydrogens is 745 g/mol. The number of ether oxygens (including phenoxy) is 2. The van der Waals surface area contributed by atoms with Crippen molar-refractivity contribution >= 4 is 52.8 Å². The van der Waals surface area contributed by atoms with Crippen LogP contribution in [0.2, 0.25) is 5.02 Å². The molecule has 13 nitrogen and oxygen atoms in total. The van der Waals surface area contributed by atoms with Gasteiger partial charge in [-0.25, -0.2) is 13.6 Å². The van der Waals surface area contributed by atoms with Crippen molar-refractivity contribution in [1.29, 1.82) is 0 Å². The Balaban J connectivity index is 1.22. The molecular formula is C35H31ClF5N7O6. The maximum Gasteiger partial charge on any atom is 0.422 e. The van der Waals surface area contributed by atoms with Gasteiger partial charge in [-0.05, 0) is 67.3 Å². The number of halogens is 6. The van der Waals surface area contributed by atoms with Crippen LogP contribution in [0.15, 0.2) is 66.7 Å². The first-order valence-electron chi connectivity index (χ1n) is 16.1. The summed E-state index contributed by atoms with van der Waals surface area (Å²) < 4.78 is 75.6. The lowest BCUT2D eigenvalue weighted by Crippen LogP contribution is -2.42. The van der Waals surface area contributed by atoms with Gasteiger partial charge in [0.25, 0.3) is 11.8 Å². The molecule has 5 rings (SSSR count). The number of rotatable bonds is 16. The summed E-state index contributed by atoms with van der Waals surface area (Å²) in [5.74, 6) is -6.25. The number of carbonyl (C=O) groups excluding carboxylic acids is 4. The summed E-state index contributed by atoms with van der Waals surface area (Å²) in [5.41, 5.74) is 0.482. The third-order valence-electron chi connectivity index (χ3n) is 8.06. The predicted molar refractivity (Wildman–Crippen MR) is 183 cm³/mol. The zero-order chi connectivity index (χ0) is 39.0. The molecule has 2 amide bonds. The lowest BCUT2D eigenvalue weighted by Gasteiger charge is -2.19. The molecule has 0 radical (unpaired) electrons. The van der Waals surface area contributed by atoms with E-state index in [4.69, 9.17) is 21.1 Å². The quantitative estimate of drug-likeness (QED) is 0.0641. The molecule has 1 fully saturated rings. The number of nitrogens with zero attached hydrogens (tertiary/aromatic N) is 3. The number of hydrogen-bond donors (Lipinski definition) is 4. The van der Waals surface area contributed by atoms with Crippen molar-refractivity contribution in [3.63, 3.8) is 0 Å². The molecule has 1 aliphatic rings. The highest BCUT2D eigenvalue weighted by Crippen LogP contribution is 2.48. The molecule has 0 spiro atoms. The first-order chi connectivity index (χ1) is 25.6. The molecule has 1 saturated carbocycles. The van der Waals surface area contributed by atoms with Crippen molar-refractivity contribution < 1.29 is 50.6 Å². The number of aromatic nitrogens is 3. The van der Waals surface area contributed by atoms with Crippen LogP contribution in [0.1, 0.15) is 47.2 Å². The summed E-state index contributed by atoms with van der Waals surface area (Å²) in [4.78, 5) is 62.4. The molecule has 0 aliphatic heterocycles. The van der Waals surface area contributed by atoms with Crippen LogP contribution >= 0.6 is 11.6 Å². The number of esters is 1. The van der Waals surface area contributed by atoms with Crippen LogP contribution in [-0.4, -0.2) is 64.5 Å². The van der Waals surface area contributed by atoms with E-state index in [9.17, 15) is 41.1 Å². The SMILES string of the molecule is COC(=O)[C@H](CCC(=O)C(=O)NCc1cccc(F)c1F)NC(=O)c1ccc(Nc2nc(NC3(c4ccc(Cl)cc4)CC3)nc(OCC(F)(F)F)n2)cc1. The van der Waals surface area contributed by atoms with E-state index in [2.05, 4.69) is 36.2 Å². The Morgan fingerprint density at radius 2 is 1.61 bits per heavy atom. The second-order valence-electron chi connectivity index (χ2n) is 12.0. The standard InChI is InChI=1S/C35H31ClF5N7O6/c1-53-30(52)25(13-14-26(49)29(51)42-17-20-3-2-4-24(37)27(20)38)44-28(50)19-5-11-23(12-6-19)43-31-45-32(47-33(46-31)54-18-35(39,40)41)48-34(15-16-34)21-7-9-22(36)10-8-21/h2-12,25H,13-18H2,1H3,(H,42,51)(H,44,50)(H2,43,45,46,47,48)/t25-/m0/s1. The van der Waals surface area contributed by atoms with Crippen molar-refractivity contribution in [3.8, 4) is 6.01 Å².